The second-order valence-electron chi connectivity index (χ2n) is 10.6. The van der Waals surface area contributed by atoms with Crippen molar-refractivity contribution in [1.29, 1.82) is 0 Å². The van der Waals surface area contributed by atoms with E-state index < -0.39 is 5.97 Å². The molecule has 2 aromatic rings. The highest BCUT2D eigenvalue weighted by Gasteiger charge is 2.51. The fourth-order valence-electron chi connectivity index (χ4n) is 6.72. The molecule has 4 aliphatic rings. The minimum Gasteiger partial charge on any atom is -0.454 e. The molecule has 6 heteroatoms. The summed E-state index contributed by atoms with van der Waals surface area (Å²) in [6.07, 6.45) is 8.27. The quantitative estimate of drug-likeness (QED) is 0.286. The SMILES string of the molecule is CCc1ccc(C(=O)COC(=O)c2ccccc2SCC(=O)NC23CC4CC(CC(C4)C2)C3)cc1. The van der Waals surface area contributed by atoms with Crippen LogP contribution in [0.25, 0.3) is 0 Å². The maximum absolute atomic E-state index is 12.9. The Labute approximate surface area is 211 Å². The topological polar surface area (TPSA) is 72.5 Å². The van der Waals surface area contributed by atoms with Crippen LogP contribution in [-0.2, 0) is 16.0 Å². The number of ketones is 1. The van der Waals surface area contributed by atoms with E-state index in [4.69, 9.17) is 4.74 Å². The van der Waals surface area contributed by atoms with Crippen molar-refractivity contribution in [3.8, 4) is 0 Å². The molecule has 0 saturated heterocycles. The van der Waals surface area contributed by atoms with E-state index in [-0.39, 0.29) is 29.6 Å². The van der Waals surface area contributed by atoms with Gasteiger partial charge in [-0.05, 0) is 80.4 Å². The van der Waals surface area contributed by atoms with Crippen molar-refractivity contribution in [2.75, 3.05) is 12.4 Å². The molecule has 2 aromatic carbocycles. The van der Waals surface area contributed by atoms with Gasteiger partial charge in [-0.25, -0.2) is 4.79 Å². The number of ether oxygens (including phenoxy) is 1. The monoisotopic (exact) mass is 491 g/mol. The predicted octanol–water partition coefficient (Wildman–Crippen LogP) is 5.47. The van der Waals surface area contributed by atoms with Gasteiger partial charge in [-0.15, -0.1) is 11.8 Å². The van der Waals surface area contributed by atoms with Crippen LogP contribution in [0.15, 0.2) is 53.4 Å². The third kappa shape index (κ3) is 5.48. The second-order valence-corrected chi connectivity index (χ2v) is 11.6. The summed E-state index contributed by atoms with van der Waals surface area (Å²) in [6.45, 7) is 1.75. The summed E-state index contributed by atoms with van der Waals surface area (Å²) in [5.74, 6) is 1.83. The lowest BCUT2D eigenvalue weighted by Gasteiger charge is -2.56. The summed E-state index contributed by atoms with van der Waals surface area (Å²) in [6, 6.07) is 14.5. The zero-order valence-corrected chi connectivity index (χ0v) is 21.1. The average molecular weight is 492 g/mol. The number of thioether (sulfide) groups is 1. The average Bonchev–Trinajstić information content (AvgIpc) is 2.85. The van der Waals surface area contributed by atoms with Crippen molar-refractivity contribution in [2.45, 2.75) is 62.3 Å². The Morgan fingerprint density at radius 1 is 0.943 bits per heavy atom. The fraction of sp³-hybridized carbons (Fsp3) is 0.483. The smallest absolute Gasteiger partial charge is 0.339 e. The third-order valence-corrected chi connectivity index (χ3v) is 9.00. The molecule has 1 amide bonds. The Morgan fingerprint density at radius 3 is 2.20 bits per heavy atom. The fourth-order valence-corrected chi connectivity index (χ4v) is 7.56. The number of aryl methyl sites for hydroxylation is 1. The van der Waals surface area contributed by atoms with Crippen LogP contribution in [0, 0.1) is 17.8 Å². The first-order valence-electron chi connectivity index (χ1n) is 12.7. The highest BCUT2D eigenvalue weighted by atomic mass is 32.2. The zero-order chi connectivity index (χ0) is 24.4. The third-order valence-electron chi connectivity index (χ3n) is 7.93. The van der Waals surface area contributed by atoms with E-state index in [0.29, 0.717) is 16.0 Å². The van der Waals surface area contributed by atoms with Crippen molar-refractivity contribution < 1.29 is 19.1 Å². The summed E-state index contributed by atoms with van der Waals surface area (Å²) in [5.41, 5.74) is 2.05. The Balaban J connectivity index is 1.15. The van der Waals surface area contributed by atoms with Gasteiger partial charge >= 0.3 is 5.97 Å². The molecule has 0 unspecified atom stereocenters. The molecule has 184 valence electrons. The molecular formula is C29H33NO4S. The first-order valence-corrected chi connectivity index (χ1v) is 13.7. The van der Waals surface area contributed by atoms with Crippen LogP contribution in [-0.4, -0.2) is 35.6 Å². The molecule has 0 radical (unpaired) electrons. The Hall–Kier alpha value is -2.60. The maximum Gasteiger partial charge on any atom is 0.339 e. The number of carbonyl (C=O) groups excluding carboxylic acids is 3. The highest BCUT2D eigenvalue weighted by molar-refractivity contribution is 8.00. The first-order chi connectivity index (χ1) is 16.9. The molecule has 0 aromatic heterocycles. The molecule has 35 heavy (non-hydrogen) atoms. The van der Waals surface area contributed by atoms with Crippen LogP contribution in [0.5, 0.6) is 0 Å². The summed E-state index contributed by atoms with van der Waals surface area (Å²) in [4.78, 5) is 38.8. The van der Waals surface area contributed by atoms with E-state index in [0.717, 1.165) is 49.0 Å². The van der Waals surface area contributed by atoms with Gasteiger partial charge in [0.1, 0.15) is 0 Å². The van der Waals surface area contributed by atoms with Crippen LogP contribution >= 0.6 is 11.8 Å². The van der Waals surface area contributed by atoms with Gasteiger partial charge in [-0.1, -0.05) is 43.3 Å². The number of Topliss-reactive ketones (excluding diaryl/α,β-unsaturated/α-hetero) is 1. The minimum absolute atomic E-state index is 0.0134. The van der Waals surface area contributed by atoms with Crippen LogP contribution in [0.1, 0.15) is 71.7 Å². The number of carbonyl (C=O) groups is 3. The summed E-state index contributed by atoms with van der Waals surface area (Å²) < 4.78 is 5.34. The lowest BCUT2D eigenvalue weighted by Crippen LogP contribution is -2.60. The van der Waals surface area contributed by atoms with Crippen LogP contribution in [0.2, 0.25) is 0 Å². The van der Waals surface area contributed by atoms with Gasteiger partial charge in [-0.2, -0.15) is 0 Å². The number of rotatable bonds is 9. The largest absolute Gasteiger partial charge is 0.454 e. The number of amides is 1. The van der Waals surface area contributed by atoms with E-state index in [1.807, 2.05) is 24.3 Å². The summed E-state index contributed by atoms with van der Waals surface area (Å²) in [5, 5.41) is 3.39. The number of hydrogen-bond donors (Lipinski definition) is 1. The Morgan fingerprint density at radius 2 is 1.57 bits per heavy atom. The van der Waals surface area contributed by atoms with E-state index in [1.54, 1.807) is 24.3 Å². The lowest BCUT2D eigenvalue weighted by molar-refractivity contribution is -0.124. The van der Waals surface area contributed by atoms with Crippen molar-refractivity contribution in [2.24, 2.45) is 17.8 Å². The van der Waals surface area contributed by atoms with Crippen molar-refractivity contribution >= 4 is 29.4 Å². The maximum atomic E-state index is 12.9. The molecule has 4 saturated carbocycles. The number of benzene rings is 2. The molecule has 1 N–H and O–H groups in total. The Bertz CT molecular complexity index is 1070. The predicted molar refractivity (Wildman–Crippen MR) is 137 cm³/mol. The van der Waals surface area contributed by atoms with Crippen LogP contribution in [0.4, 0.5) is 0 Å². The first kappa shape index (κ1) is 24.1. The van der Waals surface area contributed by atoms with Crippen molar-refractivity contribution in [1.82, 2.24) is 5.32 Å². The van der Waals surface area contributed by atoms with E-state index >= 15 is 0 Å². The molecule has 0 aliphatic heterocycles. The molecule has 4 fully saturated rings. The van der Waals surface area contributed by atoms with Gasteiger partial charge < -0.3 is 10.1 Å². The normalized spacial score (nSPS) is 26.4. The Kier molecular flexibility index (Phi) is 7.01. The molecule has 4 bridgehead atoms. The zero-order valence-electron chi connectivity index (χ0n) is 20.3. The molecular weight excluding hydrogens is 458 g/mol. The van der Waals surface area contributed by atoms with Crippen molar-refractivity contribution in [3.05, 3.63) is 65.2 Å². The van der Waals surface area contributed by atoms with Gasteiger partial charge in [-0.3, -0.25) is 9.59 Å². The van der Waals surface area contributed by atoms with Crippen LogP contribution in [0.3, 0.4) is 0 Å². The standard InChI is InChI=1S/C29H33NO4S/c1-2-19-7-9-23(10-8-19)25(31)17-34-28(33)24-5-3-4-6-26(24)35-18-27(32)30-29-14-20-11-21(15-29)13-22(12-20)16-29/h3-10,20-22H,2,11-18H2,1H3,(H,30,32). The summed E-state index contributed by atoms with van der Waals surface area (Å²) in [7, 11) is 0. The molecule has 4 aliphatic carbocycles. The molecule has 5 nitrogen and oxygen atoms in total. The van der Waals surface area contributed by atoms with E-state index in [2.05, 4.69) is 12.2 Å². The van der Waals surface area contributed by atoms with Crippen molar-refractivity contribution in [3.63, 3.8) is 0 Å². The molecule has 0 atom stereocenters. The number of nitrogens with one attached hydrogen (secondary N) is 1. The van der Waals surface area contributed by atoms with Crippen LogP contribution < -0.4 is 5.32 Å². The van der Waals surface area contributed by atoms with Gasteiger partial charge in [0.15, 0.2) is 12.4 Å². The molecule has 0 heterocycles. The van der Waals surface area contributed by atoms with E-state index in [9.17, 15) is 14.4 Å². The minimum atomic E-state index is -0.548. The van der Waals surface area contributed by atoms with Gasteiger partial charge in [0, 0.05) is 16.0 Å². The highest BCUT2D eigenvalue weighted by Crippen LogP contribution is 2.55. The number of esters is 1. The van der Waals surface area contributed by atoms with Gasteiger partial charge in [0.2, 0.25) is 5.91 Å². The number of hydrogen-bond acceptors (Lipinski definition) is 5. The summed E-state index contributed by atoms with van der Waals surface area (Å²) >= 11 is 1.35. The van der Waals surface area contributed by atoms with Gasteiger partial charge in [0.25, 0.3) is 0 Å². The second kappa shape index (κ2) is 10.2. The van der Waals surface area contributed by atoms with Gasteiger partial charge in [0.05, 0.1) is 11.3 Å². The lowest BCUT2D eigenvalue weighted by atomic mass is 9.53. The molecule has 0 spiro atoms. The molecule has 6 rings (SSSR count). The van der Waals surface area contributed by atoms with E-state index in [1.165, 1.54) is 31.0 Å².